The van der Waals surface area contributed by atoms with E-state index in [-0.39, 0.29) is 23.3 Å². The summed E-state index contributed by atoms with van der Waals surface area (Å²) in [4.78, 5) is 20.3. The van der Waals surface area contributed by atoms with Crippen molar-refractivity contribution >= 4 is 33.5 Å². The predicted octanol–water partition coefficient (Wildman–Crippen LogP) is 2.83. The van der Waals surface area contributed by atoms with Gasteiger partial charge in [0.1, 0.15) is 11.6 Å². The van der Waals surface area contributed by atoms with E-state index in [2.05, 4.69) is 20.6 Å². The highest BCUT2D eigenvalue weighted by Crippen LogP contribution is 2.23. The third-order valence-electron chi connectivity index (χ3n) is 4.07. The molecule has 0 bridgehead atoms. The molecule has 2 aromatic carbocycles. The monoisotopic (exact) mass is 427 g/mol. The first kappa shape index (κ1) is 21.1. The largest absolute Gasteiger partial charge is 0.383 e. The van der Waals surface area contributed by atoms with Crippen LogP contribution in [0.5, 0.6) is 5.75 Å². The Hall–Kier alpha value is -3.66. The summed E-state index contributed by atoms with van der Waals surface area (Å²) in [5.41, 5.74) is 7.24. The second kappa shape index (κ2) is 8.78. The lowest BCUT2D eigenvalue weighted by molar-refractivity contribution is 0.100. The van der Waals surface area contributed by atoms with E-state index in [9.17, 15) is 13.2 Å². The van der Waals surface area contributed by atoms with Crippen molar-refractivity contribution in [3.8, 4) is 5.75 Å². The zero-order chi connectivity index (χ0) is 21.7. The number of carbonyl (C=O) groups excluding carboxylic acids is 1. The van der Waals surface area contributed by atoms with E-state index in [0.29, 0.717) is 11.5 Å². The molecule has 10 heteroatoms. The van der Waals surface area contributed by atoms with Crippen LogP contribution in [-0.4, -0.2) is 30.5 Å². The van der Waals surface area contributed by atoms with Crippen molar-refractivity contribution in [2.45, 2.75) is 13.0 Å². The average molecular weight is 427 g/mol. The van der Waals surface area contributed by atoms with Gasteiger partial charge < -0.3 is 20.6 Å². The highest BCUT2D eigenvalue weighted by atomic mass is 32.2. The Morgan fingerprint density at radius 3 is 2.37 bits per heavy atom. The topological polar surface area (TPSA) is 136 Å². The first-order valence-electron chi connectivity index (χ1n) is 8.96. The lowest BCUT2D eigenvalue weighted by Crippen LogP contribution is -2.18. The van der Waals surface area contributed by atoms with Crippen molar-refractivity contribution in [2.75, 3.05) is 16.9 Å². The molecule has 156 valence electrons. The van der Waals surface area contributed by atoms with Gasteiger partial charge in [-0.3, -0.25) is 4.79 Å². The van der Waals surface area contributed by atoms with Gasteiger partial charge in [-0.1, -0.05) is 30.3 Å². The number of nitrogens with one attached hydrogen (secondary N) is 2. The van der Waals surface area contributed by atoms with E-state index in [1.165, 1.54) is 18.3 Å². The summed E-state index contributed by atoms with van der Waals surface area (Å²) in [6.07, 6.45) is 2.32. The first-order chi connectivity index (χ1) is 14.2. The number of rotatable bonds is 8. The number of carbonyl (C=O) groups is 1. The molecule has 0 saturated carbocycles. The zero-order valence-corrected chi connectivity index (χ0v) is 17.2. The third-order valence-corrected chi connectivity index (χ3v) is 4.56. The van der Waals surface area contributed by atoms with Gasteiger partial charge >= 0.3 is 10.1 Å². The molecule has 9 nitrogen and oxygen atoms in total. The van der Waals surface area contributed by atoms with E-state index in [1.807, 2.05) is 37.3 Å². The van der Waals surface area contributed by atoms with Crippen LogP contribution in [0.1, 0.15) is 28.9 Å². The Morgan fingerprint density at radius 1 is 1.10 bits per heavy atom. The molecule has 30 heavy (non-hydrogen) atoms. The van der Waals surface area contributed by atoms with Crippen LogP contribution in [0.2, 0.25) is 0 Å². The summed E-state index contributed by atoms with van der Waals surface area (Å²) in [6.45, 7) is 1.94. The molecular formula is C20H21N5O4S. The molecule has 0 unspecified atom stereocenters. The van der Waals surface area contributed by atoms with Gasteiger partial charge in [0.25, 0.3) is 5.91 Å². The van der Waals surface area contributed by atoms with Gasteiger partial charge in [0.15, 0.2) is 0 Å². The van der Waals surface area contributed by atoms with Crippen LogP contribution in [0.25, 0.3) is 0 Å². The minimum absolute atomic E-state index is 0.125. The van der Waals surface area contributed by atoms with Gasteiger partial charge in [0.05, 0.1) is 11.8 Å². The Kier molecular flexibility index (Phi) is 6.17. The summed E-state index contributed by atoms with van der Waals surface area (Å²) >= 11 is 0. The van der Waals surface area contributed by atoms with Gasteiger partial charge in [-0.25, -0.2) is 4.98 Å². The van der Waals surface area contributed by atoms with Crippen LogP contribution >= 0.6 is 0 Å². The van der Waals surface area contributed by atoms with Crippen molar-refractivity contribution in [2.24, 2.45) is 5.73 Å². The molecule has 1 amide bonds. The SMILES string of the molecule is C[C@@H](Nc1nc(Nc2ccc(OS(C)(=O)=O)cc2)ncc1C(N)=O)c1ccccc1. The lowest BCUT2D eigenvalue weighted by Gasteiger charge is -2.17. The van der Waals surface area contributed by atoms with Crippen molar-refractivity contribution in [3.05, 3.63) is 71.9 Å². The Labute approximate surface area is 174 Å². The fourth-order valence-electron chi connectivity index (χ4n) is 2.66. The lowest BCUT2D eigenvalue weighted by atomic mass is 10.1. The Bertz CT molecular complexity index is 1140. The maximum Gasteiger partial charge on any atom is 0.306 e. The van der Waals surface area contributed by atoms with Crippen molar-refractivity contribution < 1.29 is 17.4 Å². The molecule has 0 fully saturated rings. The molecule has 4 N–H and O–H groups in total. The van der Waals surface area contributed by atoms with E-state index < -0.39 is 16.0 Å². The number of nitrogens with zero attached hydrogens (tertiary/aromatic N) is 2. The number of hydrogen-bond donors (Lipinski definition) is 3. The van der Waals surface area contributed by atoms with Crippen LogP contribution in [0, 0.1) is 0 Å². The number of primary amides is 1. The summed E-state index contributed by atoms with van der Waals surface area (Å²) in [6, 6.07) is 15.8. The summed E-state index contributed by atoms with van der Waals surface area (Å²) < 4.78 is 27.2. The van der Waals surface area contributed by atoms with Crippen LogP contribution in [0.4, 0.5) is 17.5 Å². The second-order valence-electron chi connectivity index (χ2n) is 6.53. The molecule has 0 aliphatic heterocycles. The Balaban J connectivity index is 1.81. The fraction of sp³-hybridized carbons (Fsp3) is 0.150. The van der Waals surface area contributed by atoms with E-state index in [1.54, 1.807) is 12.1 Å². The minimum Gasteiger partial charge on any atom is -0.383 e. The molecule has 0 saturated heterocycles. The van der Waals surface area contributed by atoms with Crippen LogP contribution in [0.3, 0.4) is 0 Å². The maximum absolute atomic E-state index is 11.8. The highest BCUT2D eigenvalue weighted by Gasteiger charge is 2.15. The maximum atomic E-state index is 11.8. The number of aromatic nitrogens is 2. The smallest absolute Gasteiger partial charge is 0.306 e. The van der Waals surface area contributed by atoms with Gasteiger partial charge in [-0.05, 0) is 36.8 Å². The van der Waals surface area contributed by atoms with E-state index >= 15 is 0 Å². The van der Waals surface area contributed by atoms with Gasteiger partial charge in [0.2, 0.25) is 5.95 Å². The summed E-state index contributed by atoms with van der Waals surface area (Å²) in [5.74, 6) is 0.0756. The third kappa shape index (κ3) is 5.67. The predicted molar refractivity (Wildman–Crippen MR) is 114 cm³/mol. The second-order valence-corrected chi connectivity index (χ2v) is 8.11. The number of amides is 1. The van der Waals surface area contributed by atoms with E-state index in [0.717, 1.165) is 11.8 Å². The van der Waals surface area contributed by atoms with Crippen molar-refractivity contribution in [1.82, 2.24) is 9.97 Å². The number of anilines is 3. The van der Waals surface area contributed by atoms with Crippen LogP contribution in [-0.2, 0) is 10.1 Å². The van der Waals surface area contributed by atoms with Gasteiger partial charge in [-0.15, -0.1) is 0 Å². The van der Waals surface area contributed by atoms with Crippen molar-refractivity contribution in [1.29, 1.82) is 0 Å². The number of hydrogen-bond acceptors (Lipinski definition) is 8. The fourth-order valence-corrected chi connectivity index (χ4v) is 3.12. The van der Waals surface area contributed by atoms with Crippen LogP contribution < -0.4 is 20.6 Å². The van der Waals surface area contributed by atoms with Gasteiger partial charge in [-0.2, -0.15) is 13.4 Å². The number of nitrogens with two attached hydrogens (primary N) is 1. The van der Waals surface area contributed by atoms with Crippen LogP contribution in [0.15, 0.2) is 60.8 Å². The molecule has 0 spiro atoms. The summed E-state index contributed by atoms with van der Waals surface area (Å²) in [7, 11) is -3.60. The molecule has 0 radical (unpaired) electrons. The molecular weight excluding hydrogens is 406 g/mol. The minimum atomic E-state index is -3.60. The summed E-state index contributed by atoms with van der Waals surface area (Å²) in [5, 5.41) is 6.18. The van der Waals surface area contributed by atoms with Crippen molar-refractivity contribution in [3.63, 3.8) is 0 Å². The molecule has 0 aliphatic rings. The number of benzene rings is 2. The normalized spacial score (nSPS) is 12.1. The Morgan fingerprint density at radius 2 is 1.77 bits per heavy atom. The highest BCUT2D eigenvalue weighted by molar-refractivity contribution is 7.86. The standard InChI is InChI=1S/C20H21N5O4S/c1-13(14-6-4-3-5-7-14)23-19-17(18(21)26)12-22-20(25-19)24-15-8-10-16(11-9-15)29-30(2,27)28/h3-13H,1-2H3,(H2,21,26)(H2,22,23,24,25)/t13-/m1/s1. The molecule has 3 aromatic rings. The quantitative estimate of drug-likeness (QED) is 0.467. The van der Waals surface area contributed by atoms with Gasteiger partial charge in [0, 0.05) is 17.9 Å². The molecule has 1 atom stereocenters. The zero-order valence-electron chi connectivity index (χ0n) is 16.4. The molecule has 1 aromatic heterocycles. The van der Waals surface area contributed by atoms with E-state index in [4.69, 9.17) is 9.92 Å². The average Bonchev–Trinajstić information content (AvgIpc) is 2.69. The molecule has 1 heterocycles. The molecule has 0 aliphatic carbocycles. The molecule has 3 rings (SSSR count). The first-order valence-corrected chi connectivity index (χ1v) is 10.8.